The Morgan fingerprint density at radius 3 is 0.974 bits per heavy atom. The van der Waals surface area contributed by atoms with Gasteiger partial charge in [0.25, 0.3) is 11.8 Å². The Balaban J connectivity index is 1.03. The average molecular weight is 1060 g/mol. The number of carbonyl (C=O) groups excluding carboxylic acids is 8. The van der Waals surface area contributed by atoms with E-state index in [2.05, 4.69) is 31.9 Å². The van der Waals surface area contributed by atoms with Crippen molar-refractivity contribution in [3.63, 3.8) is 0 Å². The Bertz CT molecular complexity index is 2760. The van der Waals surface area contributed by atoms with Gasteiger partial charge in [0.2, 0.25) is 35.4 Å². The molecule has 406 valence electrons. The highest BCUT2D eigenvalue weighted by molar-refractivity contribution is 6.00. The molecule has 0 aliphatic carbocycles. The van der Waals surface area contributed by atoms with E-state index in [1.165, 1.54) is 0 Å². The molecule has 6 aromatic carbocycles. The highest BCUT2D eigenvalue weighted by Gasteiger charge is 2.23. The quantitative estimate of drug-likeness (QED) is 0.0396. The minimum atomic E-state index is -0.658. The fourth-order valence-electron chi connectivity index (χ4n) is 8.06. The molecule has 0 radical (unpaired) electrons. The highest BCUT2D eigenvalue weighted by Crippen LogP contribution is 2.22. The molecule has 0 atom stereocenters. The van der Waals surface area contributed by atoms with Crippen molar-refractivity contribution in [3.8, 4) is 22.6 Å². The predicted octanol–water partition coefficient (Wildman–Crippen LogP) is 3.92. The summed E-state index contributed by atoms with van der Waals surface area (Å²) < 4.78 is 10.4. The summed E-state index contributed by atoms with van der Waals surface area (Å²) in [5.41, 5.74) is 5.46. The summed E-state index contributed by atoms with van der Waals surface area (Å²) in [5.74, 6) is -3.02. The molecule has 8 amide bonds. The van der Waals surface area contributed by atoms with Crippen LogP contribution >= 0.6 is 0 Å². The third-order valence-corrected chi connectivity index (χ3v) is 12.4. The Hall–Kier alpha value is -9.32. The van der Waals surface area contributed by atoms with Crippen LogP contribution in [0.15, 0.2) is 158 Å². The van der Waals surface area contributed by atoms with Gasteiger partial charge in [0.1, 0.15) is 37.7 Å². The van der Waals surface area contributed by atoms with Crippen LogP contribution in [0.25, 0.3) is 11.1 Å². The molecule has 0 spiro atoms. The van der Waals surface area contributed by atoms with Gasteiger partial charge in [-0.3, -0.25) is 38.4 Å². The van der Waals surface area contributed by atoms with E-state index in [9.17, 15) is 38.4 Å². The summed E-state index contributed by atoms with van der Waals surface area (Å²) in [4.78, 5) is 109. The van der Waals surface area contributed by atoms with Gasteiger partial charge in [-0.25, -0.2) is 0 Å². The Morgan fingerprint density at radius 1 is 0.359 bits per heavy atom. The van der Waals surface area contributed by atoms with Gasteiger partial charge in [-0.2, -0.15) is 0 Å². The van der Waals surface area contributed by atoms with Crippen LogP contribution < -0.4 is 41.4 Å². The van der Waals surface area contributed by atoms with Crippen molar-refractivity contribution in [1.29, 1.82) is 0 Å². The Morgan fingerprint density at radius 2 is 0.667 bits per heavy atom. The number of hydrogen-bond donors (Lipinski definition) is 6. The molecule has 0 unspecified atom stereocenters. The van der Waals surface area contributed by atoms with E-state index in [0.717, 1.165) is 32.1 Å². The lowest BCUT2D eigenvalue weighted by atomic mass is 10.0. The molecular formula is C60H66N8O10. The minimum absolute atomic E-state index is 0.191. The van der Waals surface area contributed by atoms with E-state index in [4.69, 9.17) is 9.47 Å². The average Bonchev–Trinajstić information content (AvgIpc) is 3.46. The van der Waals surface area contributed by atoms with Crippen LogP contribution in [-0.4, -0.2) is 137 Å². The van der Waals surface area contributed by atoms with E-state index < -0.39 is 86.5 Å². The summed E-state index contributed by atoms with van der Waals surface area (Å²) in [6, 6.07) is 47.0. The molecule has 78 heavy (non-hydrogen) atoms. The van der Waals surface area contributed by atoms with Gasteiger partial charge in [-0.05, 0) is 108 Å². The van der Waals surface area contributed by atoms with Crippen LogP contribution in [0, 0.1) is 0 Å². The van der Waals surface area contributed by atoms with E-state index in [-0.39, 0.29) is 24.2 Å². The minimum Gasteiger partial charge on any atom is -0.497 e. The van der Waals surface area contributed by atoms with Crippen molar-refractivity contribution >= 4 is 47.3 Å². The fourth-order valence-corrected chi connectivity index (χ4v) is 8.06. The first-order valence-electron chi connectivity index (χ1n) is 25.6. The molecule has 18 nitrogen and oxygen atoms in total. The second-order valence-electron chi connectivity index (χ2n) is 18.1. The second kappa shape index (κ2) is 30.9. The van der Waals surface area contributed by atoms with Gasteiger partial charge < -0.3 is 51.2 Å². The van der Waals surface area contributed by atoms with Crippen LogP contribution in [-0.2, 0) is 54.5 Å². The van der Waals surface area contributed by atoms with Crippen LogP contribution in [0.4, 0.5) is 0 Å². The molecule has 0 aliphatic heterocycles. The maximum absolute atomic E-state index is 13.6. The van der Waals surface area contributed by atoms with Crippen molar-refractivity contribution in [1.82, 2.24) is 41.7 Å². The lowest BCUT2D eigenvalue weighted by Crippen LogP contribution is -2.49. The molecule has 0 aromatic heterocycles. The molecule has 0 bridgehead atoms. The first-order valence-corrected chi connectivity index (χ1v) is 25.6. The van der Waals surface area contributed by atoms with Crippen molar-refractivity contribution in [3.05, 3.63) is 191 Å². The number of amides is 8. The van der Waals surface area contributed by atoms with Gasteiger partial charge in [0.15, 0.2) is 0 Å². The maximum atomic E-state index is 13.6. The van der Waals surface area contributed by atoms with Crippen molar-refractivity contribution in [2.75, 3.05) is 79.7 Å². The smallest absolute Gasteiger partial charge is 0.251 e. The number of ether oxygens (including phenoxy) is 2. The van der Waals surface area contributed by atoms with Crippen molar-refractivity contribution in [2.24, 2.45) is 0 Å². The molecule has 6 rings (SSSR count). The third-order valence-electron chi connectivity index (χ3n) is 12.4. The summed E-state index contributed by atoms with van der Waals surface area (Å²) >= 11 is 0. The number of hydrogen-bond acceptors (Lipinski definition) is 10. The zero-order valence-electron chi connectivity index (χ0n) is 43.9. The van der Waals surface area contributed by atoms with Crippen molar-refractivity contribution < 1.29 is 47.8 Å². The van der Waals surface area contributed by atoms with Crippen LogP contribution in [0.1, 0.15) is 43.0 Å². The van der Waals surface area contributed by atoms with Crippen LogP contribution in [0.3, 0.4) is 0 Å². The molecule has 18 heteroatoms. The zero-order chi connectivity index (χ0) is 55.5. The van der Waals surface area contributed by atoms with Crippen LogP contribution in [0.2, 0.25) is 0 Å². The molecule has 6 aromatic rings. The molecule has 0 aliphatic rings. The highest BCUT2D eigenvalue weighted by atomic mass is 16.5. The first-order chi connectivity index (χ1) is 37.8. The number of carbonyl (C=O) groups is 8. The number of benzene rings is 6. The Labute approximate surface area is 454 Å². The largest absolute Gasteiger partial charge is 0.497 e. The SMILES string of the molecule is COc1ccc(CCNC(=O)CN(CC(=O)NCCc2ccccc2)C(=O)CNC(=O)c2cccc(-c3cccc(C(=O)NCC(=O)N(CC(=O)NCCc4ccccc4)CC(=O)NCCc4ccc(OC)cc4)c3)c2)cc1. The molecule has 0 fully saturated rings. The van der Waals surface area contributed by atoms with E-state index >= 15 is 0 Å². The topological polar surface area (TPSA) is 234 Å². The summed E-state index contributed by atoms with van der Waals surface area (Å²) in [6.07, 6.45) is 2.17. The molecule has 0 heterocycles. The summed E-state index contributed by atoms with van der Waals surface area (Å²) in [7, 11) is 3.15. The van der Waals surface area contributed by atoms with Gasteiger partial charge in [-0.15, -0.1) is 0 Å². The number of methoxy groups -OCH3 is 2. The standard InChI is InChI=1S/C60H66N8O10/c1-77-51-23-19-45(20-24-51)29-33-63-55(71)41-67(39-53(69)61-31-27-43-11-5-3-6-12-43)57(73)37-65-59(75)49-17-9-15-47(35-49)48-16-10-18-50(36-48)60(76)66-38-58(74)68(40-54(70)62-32-28-44-13-7-4-8-14-44)42-56(72)64-34-30-46-21-25-52(78-2)26-22-46/h3-26,35-36H,27-34,37-42H2,1-2H3,(H,61,69)(H,62,70)(H,63,71)(H,64,72)(H,65,75)(H,66,76). The number of nitrogens with zero attached hydrogens (tertiary/aromatic N) is 2. The van der Waals surface area contributed by atoms with Gasteiger partial charge in [0.05, 0.1) is 27.3 Å². The molecule has 0 saturated heterocycles. The lowest BCUT2D eigenvalue weighted by Gasteiger charge is -2.22. The normalized spacial score (nSPS) is 10.5. The molecule has 6 N–H and O–H groups in total. The second-order valence-corrected chi connectivity index (χ2v) is 18.1. The number of rotatable bonds is 29. The molecule has 0 saturated carbocycles. The Kier molecular flexibility index (Phi) is 23.0. The van der Waals surface area contributed by atoms with Gasteiger partial charge in [0, 0.05) is 37.3 Å². The summed E-state index contributed by atoms with van der Waals surface area (Å²) in [6.45, 7) is -1.53. The summed E-state index contributed by atoms with van der Waals surface area (Å²) in [5, 5.41) is 16.4. The van der Waals surface area contributed by atoms with E-state index in [0.29, 0.717) is 61.4 Å². The first kappa shape index (κ1) is 57.9. The van der Waals surface area contributed by atoms with Crippen molar-refractivity contribution in [2.45, 2.75) is 25.7 Å². The lowest BCUT2D eigenvalue weighted by molar-refractivity contribution is -0.138. The zero-order valence-corrected chi connectivity index (χ0v) is 43.9. The maximum Gasteiger partial charge on any atom is 0.251 e. The number of nitrogens with one attached hydrogen (secondary N) is 6. The van der Waals surface area contributed by atoms with Gasteiger partial charge >= 0.3 is 0 Å². The fraction of sp³-hybridized carbons (Fsp3) is 0.267. The van der Waals surface area contributed by atoms with E-state index in [1.807, 2.05) is 109 Å². The predicted molar refractivity (Wildman–Crippen MR) is 295 cm³/mol. The van der Waals surface area contributed by atoms with E-state index in [1.54, 1.807) is 62.8 Å². The van der Waals surface area contributed by atoms with Gasteiger partial charge in [-0.1, -0.05) is 109 Å². The molecular weight excluding hydrogens is 993 g/mol. The monoisotopic (exact) mass is 1060 g/mol. The van der Waals surface area contributed by atoms with Crippen LogP contribution in [0.5, 0.6) is 11.5 Å². The third kappa shape index (κ3) is 19.8.